The molecule has 11 nitrogen and oxygen atoms in total. The monoisotopic (exact) mass is 546 g/mol. The lowest BCUT2D eigenvalue weighted by molar-refractivity contribution is -0.0132. The molecule has 2 aliphatic carbocycles. The van der Waals surface area contributed by atoms with E-state index in [2.05, 4.69) is 15.0 Å². The lowest BCUT2D eigenvalue weighted by atomic mass is 10.0. The minimum Gasteiger partial charge on any atom is -0.390 e. The molecule has 2 aromatic rings. The number of fused-ring (bicyclic) bond motifs is 2. The van der Waals surface area contributed by atoms with Gasteiger partial charge in [0.1, 0.15) is 29.5 Å². The normalized spacial score (nSPS) is 29.8. The van der Waals surface area contributed by atoms with Gasteiger partial charge >= 0.3 is 8.03 Å². The van der Waals surface area contributed by atoms with Gasteiger partial charge < -0.3 is 30.4 Å². The Bertz CT molecular complexity index is 1060. The molecule has 194 valence electrons. The maximum atomic E-state index is 12.7. The van der Waals surface area contributed by atoms with Crippen molar-refractivity contribution in [3.63, 3.8) is 0 Å². The Morgan fingerprint density at radius 1 is 1.29 bits per heavy atom. The van der Waals surface area contributed by atoms with E-state index in [-0.39, 0.29) is 23.3 Å². The van der Waals surface area contributed by atoms with E-state index >= 15 is 0 Å². The van der Waals surface area contributed by atoms with Gasteiger partial charge in [-0.15, -0.1) is 28.0 Å². The minimum absolute atomic E-state index is 0.0310. The van der Waals surface area contributed by atoms with Gasteiger partial charge in [0.15, 0.2) is 17.6 Å². The predicted octanol–water partition coefficient (Wildman–Crippen LogP) is 1.93. The third-order valence-electron chi connectivity index (χ3n) is 6.62. The molecule has 14 heteroatoms. The van der Waals surface area contributed by atoms with Gasteiger partial charge in [-0.05, 0) is 37.7 Å². The number of hydrogen-bond donors (Lipinski definition) is 4. The summed E-state index contributed by atoms with van der Waals surface area (Å²) in [5, 5.41) is 31.0. The summed E-state index contributed by atoms with van der Waals surface area (Å²) < 4.78 is 25.7. The van der Waals surface area contributed by atoms with Crippen LogP contribution < -0.4 is 5.73 Å². The second-order valence-electron chi connectivity index (χ2n) is 9.05. The third-order valence-corrected chi connectivity index (χ3v) is 9.83. The first-order valence-electron chi connectivity index (χ1n) is 11.6. The lowest BCUT2D eigenvalue weighted by Gasteiger charge is -2.23. The van der Waals surface area contributed by atoms with Gasteiger partial charge in [-0.2, -0.15) is 0 Å². The number of anilines is 1. The smallest absolute Gasteiger partial charge is 0.390 e. The molecule has 3 unspecified atom stereocenters. The van der Waals surface area contributed by atoms with Crippen LogP contribution in [0, 0.1) is 18.3 Å². The Balaban J connectivity index is 1.28. The van der Waals surface area contributed by atoms with E-state index in [1.807, 2.05) is 6.92 Å². The summed E-state index contributed by atoms with van der Waals surface area (Å²) >= 11 is 2.99. The Morgan fingerprint density at radius 2 is 2.03 bits per heavy atom. The fourth-order valence-electron chi connectivity index (χ4n) is 4.94. The highest BCUT2D eigenvalue weighted by Crippen LogP contribution is 2.70. The van der Waals surface area contributed by atoms with E-state index in [9.17, 15) is 19.9 Å². The van der Waals surface area contributed by atoms with Crippen molar-refractivity contribution in [2.75, 3.05) is 36.6 Å². The summed E-state index contributed by atoms with van der Waals surface area (Å²) in [4.78, 5) is 12.9. The van der Waals surface area contributed by atoms with Crippen molar-refractivity contribution in [2.45, 2.75) is 56.3 Å². The maximum Gasteiger partial charge on any atom is 0.508 e. The summed E-state index contributed by atoms with van der Waals surface area (Å²) in [6.07, 6.45) is 0.359. The highest BCUT2D eigenvalue weighted by molar-refractivity contribution is 8.00. The Kier molecular flexibility index (Phi) is 8.59. The number of hydrogen-bond acceptors (Lipinski definition) is 12. The van der Waals surface area contributed by atoms with Gasteiger partial charge in [-0.3, -0.25) is 0 Å². The van der Waals surface area contributed by atoms with Crippen molar-refractivity contribution in [3.05, 3.63) is 12.2 Å². The first-order chi connectivity index (χ1) is 16.6. The van der Waals surface area contributed by atoms with Gasteiger partial charge in [0.25, 0.3) is 0 Å². The molecule has 2 aliphatic rings. The van der Waals surface area contributed by atoms with Crippen molar-refractivity contribution in [1.82, 2.24) is 19.5 Å². The quantitative estimate of drug-likeness (QED) is 0.164. The zero-order chi connectivity index (χ0) is 25.3. The average Bonchev–Trinajstić information content (AvgIpc) is 3.26. The van der Waals surface area contributed by atoms with E-state index in [1.165, 1.54) is 11.8 Å². The van der Waals surface area contributed by atoms with E-state index in [1.54, 1.807) is 36.5 Å². The van der Waals surface area contributed by atoms with Crippen molar-refractivity contribution < 1.29 is 29.1 Å². The molecule has 2 aromatic heterocycles. The molecule has 0 aliphatic heterocycles. The highest BCUT2D eigenvalue weighted by atomic mass is 32.2. The molecule has 0 amide bonds. The van der Waals surface area contributed by atoms with Gasteiger partial charge in [0.2, 0.25) is 0 Å². The second kappa shape index (κ2) is 11.1. The molecule has 0 saturated heterocycles. The van der Waals surface area contributed by atoms with Crippen molar-refractivity contribution in [1.29, 1.82) is 0 Å². The number of aromatic nitrogens is 4. The zero-order valence-corrected chi connectivity index (χ0v) is 22.5. The van der Waals surface area contributed by atoms with Crippen LogP contribution in [0.5, 0.6) is 0 Å². The zero-order valence-electron chi connectivity index (χ0n) is 20.0. The Morgan fingerprint density at radius 3 is 2.77 bits per heavy atom. The molecule has 2 saturated carbocycles. The Hall–Kier alpha value is -1.05. The van der Waals surface area contributed by atoms with Crippen LogP contribution in [0.1, 0.15) is 32.1 Å². The molecular weight excluding hydrogens is 513 g/mol. The predicted molar refractivity (Wildman–Crippen MR) is 136 cm³/mol. The molecule has 0 radical (unpaired) electrons. The fraction of sp³-hybridized carbons (Fsp3) is 0.762. The van der Waals surface area contributed by atoms with Gasteiger partial charge in [-0.25, -0.2) is 15.0 Å². The van der Waals surface area contributed by atoms with Gasteiger partial charge in [0, 0.05) is 11.5 Å². The molecular formula is C21H33N5O6PS2+. The number of rotatable bonds is 13. The fourth-order valence-corrected chi connectivity index (χ4v) is 7.72. The number of aliphatic hydroxyl groups excluding tert-OH is 3. The second-order valence-corrected chi connectivity index (χ2v) is 13.1. The summed E-state index contributed by atoms with van der Waals surface area (Å²) in [5.74, 6) is 2.05. The van der Waals surface area contributed by atoms with Crippen molar-refractivity contribution in [2.24, 2.45) is 11.3 Å². The molecule has 2 fully saturated rings. The maximum absolute atomic E-state index is 12.7. The summed E-state index contributed by atoms with van der Waals surface area (Å²) in [5.41, 5.74) is 5.88. The molecule has 5 N–H and O–H groups in total. The van der Waals surface area contributed by atoms with Crippen LogP contribution in [-0.4, -0.2) is 88.8 Å². The van der Waals surface area contributed by atoms with Crippen LogP contribution in [0.4, 0.5) is 5.82 Å². The molecule has 0 spiro atoms. The van der Waals surface area contributed by atoms with Crippen molar-refractivity contribution >= 4 is 48.5 Å². The summed E-state index contributed by atoms with van der Waals surface area (Å²) in [7, 11) is -1.99. The number of aliphatic hydroxyl groups is 3. The standard InChI is InChI=1S/C21H33N5O6PS2/c1-11-24-19(22)15-20(25-11)26(10-23-15)16-14-8-21(14,18(29)17(16)28)9-33(30)32-5-7-35-13(3)31-4-6-34-12(2)27/h10,12-14,16-18,27-29H,4-9H2,1-3H3,(H2,22,24,25)/q+1/t12?,13?,14-,16-,17+,18+,21-/m1/s1. The number of aryl methyl sites for hydroxylation is 1. The van der Waals surface area contributed by atoms with Crippen LogP contribution in [0.25, 0.3) is 11.2 Å². The minimum atomic E-state index is -1.99. The van der Waals surface area contributed by atoms with Crippen LogP contribution >= 0.6 is 31.6 Å². The lowest BCUT2D eigenvalue weighted by Crippen LogP contribution is -2.35. The first-order valence-corrected chi connectivity index (χ1v) is 15.0. The topological polar surface area (TPSA) is 166 Å². The SMILES string of the molecule is Cc1nc(N)c2ncn([C@H]3[C@H](O)[C@H](O)[C@@]4(C[P+](=O)OCCSC(C)OCCSC(C)O)C[C@H]34)c2n1. The van der Waals surface area contributed by atoms with E-state index in [4.69, 9.17) is 15.0 Å². The largest absolute Gasteiger partial charge is 0.508 e. The van der Waals surface area contributed by atoms with E-state index in [0.717, 1.165) is 5.75 Å². The molecule has 35 heavy (non-hydrogen) atoms. The van der Waals surface area contributed by atoms with Crippen LogP contribution in [0.3, 0.4) is 0 Å². The number of thioether (sulfide) groups is 2. The van der Waals surface area contributed by atoms with Gasteiger partial charge in [0.05, 0.1) is 35.9 Å². The summed E-state index contributed by atoms with van der Waals surface area (Å²) in [6.45, 7) is 6.26. The number of nitrogens with two attached hydrogens (primary N) is 1. The summed E-state index contributed by atoms with van der Waals surface area (Å²) in [6, 6.07) is -0.437. The molecule has 0 aromatic carbocycles. The van der Waals surface area contributed by atoms with E-state index in [0.29, 0.717) is 42.4 Å². The third kappa shape index (κ3) is 5.77. The molecule has 8 atom stereocenters. The molecule has 0 bridgehead atoms. The number of nitrogen functional groups attached to an aromatic ring is 1. The molecule has 4 rings (SSSR count). The van der Waals surface area contributed by atoms with Crippen LogP contribution in [0.15, 0.2) is 6.33 Å². The van der Waals surface area contributed by atoms with Crippen LogP contribution in [0.2, 0.25) is 0 Å². The number of ether oxygens (including phenoxy) is 1. The number of imidazole rings is 1. The molecule has 2 heterocycles. The van der Waals surface area contributed by atoms with Crippen molar-refractivity contribution in [3.8, 4) is 0 Å². The Labute approximate surface area is 213 Å². The highest BCUT2D eigenvalue weighted by Gasteiger charge is 2.74. The van der Waals surface area contributed by atoms with E-state index < -0.39 is 37.1 Å². The van der Waals surface area contributed by atoms with Crippen LogP contribution in [-0.2, 0) is 13.8 Å². The first kappa shape index (κ1) is 27.0. The number of nitrogens with zero attached hydrogens (tertiary/aromatic N) is 4. The van der Waals surface area contributed by atoms with Gasteiger partial charge in [-0.1, -0.05) is 0 Å². The average molecular weight is 547 g/mol.